The SMILES string of the molecule is COC(=O)c1c(C)[nH]c(C(=O)[C@H](C)OC(=O)CN2C(=O)N[C@](C)(C3CC3)C2=O)c1C. The maximum absolute atomic E-state index is 12.7. The maximum atomic E-state index is 12.7. The van der Waals surface area contributed by atoms with Gasteiger partial charge in [-0.1, -0.05) is 0 Å². The summed E-state index contributed by atoms with van der Waals surface area (Å²) in [5.74, 6) is -2.40. The number of aryl methyl sites for hydroxylation is 1. The number of urea groups is 1. The van der Waals surface area contributed by atoms with Crippen LogP contribution in [-0.2, 0) is 19.1 Å². The van der Waals surface area contributed by atoms with Crippen molar-refractivity contribution in [2.24, 2.45) is 5.92 Å². The Morgan fingerprint density at radius 3 is 2.43 bits per heavy atom. The summed E-state index contributed by atoms with van der Waals surface area (Å²) < 4.78 is 9.88. The lowest BCUT2D eigenvalue weighted by Gasteiger charge is -2.21. The fourth-order valence-corrected chi connectivity index (χ4v) is 3.82. The summed E-state index contributed by atoms with van der Waals surface area (Å²) in [6.45, 7) is 5.66. The first-order valence-electron chi connectivity index (χ1n) is 9.66. The number of aromatic nitrogens is 1. The zero-order valence-electron chi connectivity index (χ0n) is 17.6. The van der Waals surface area contributed by atoms with Gasteiger partial charge in [0.25, 0.3) is 5.91 Å². The zero-order valence-corrected chi connectivity index (χ0v) is 17.6. The molecular formula is C20H25N3O7. The third-order valence-electron chi connectivity index (χ3n) is 5.73. The normalized spacial score (nSPS) is 22.0. The number of aromatic amines is 1. The van der Waals surface area contributed by atoms with Gasteiger partial charge in [0.05, 0.1) is 18.4 Å². The van der Waals surface area contributed by atoms with Gasteiger partial charge in [-0.3, -0.25) is 19.3 Å². The van der Waals surface area contributed by atoms with Crippen molar-refractivity contribution in [3.8, 4) is 0 Å². The zero-order chi connectivity index (χ0) is 22.4. The Morgan fingerprint density at radius 1 is 1.23 bits per heavy atom. The second kappa shape index (κ2) is 7.58. The molecule has 2 atom stereocenters. The fourth-order valence-electron chi connectivity index (χ4n) is 3.82. The highest BCUT2D eigenvalue weighted by atomic mass is 16.5. The van der Waals surface area contributed by atoms with E-state index >= 15 is 0 Å². The van der Waals surface area contributed by atoms with Crippen LogP contribution in [0.2, 0.25) is 0 Å². The lowest BCUT2D eigenvalue weighted by atomic mass is 9.96. The Morgan fingerprint density at radius 2 is 1.87 bits per heavy atom. The Hall–Kier alpha value is -3.17. The highest BCUT2D eigenvalue weighted by Gasteiger charge is 2.56. The molecule has 3 amide bonds. The summed E-state index contributed by atoms with van der Waals surface area (Å²) in [6.07, 6.45) is 0.499. The Kier molecular flexibility index (Phi) is 5.44. The van der Waals surface area contributed by atoms with E-state index in [0.717, 1.165) is 17.7 Å². The minimum Gasteiger partial charge on any atom is -0.465 e. The first-order chi connectivity index (χ1) is 14.0. The van der Waals surface area contributed by atoms with Crippen LogP contribution in [0.4, 0.5) is 4.79 Å². The average Bonchev–Trinajstić information content (AvgIpc) is 3.46. The van der Waals surface area contributed by atoms with Crippen LogP contribution in [0.25, 0.3) is 0 Å². The Bertz CT molecular complexity index is 946. The van der Waals surface area contributed by atoms with Crippen molar-refractivity contribution in [1.82, 2.24) is 15.2 Å². The molecule has 0 spiro atoms. The van der Waals surface area contributed by atoms with Gasteiger partial charge in [0, 0.05) is 5.69 Å². The largest absolute Gasteiger partial charge is 0.465 e. The molecule has 0 aromatic carbocycles. The standard InChI is InChI=1S/C20H25N3O7/c1-9-14(17(26)29-5)10(2)21-15(9)16(25)11(3)30-13(24)8-23-18(27)20(4,12-6-7-12)22-19(23)28/h11-12,21H,6-8H2,1-5H3,(H,22,28)/t11-,20+/m0/s1. The number of nitrogens with one attached hydrogen (secondary N) is 2. The van der Waals surface area contributed by atoms with E-state index in [2.05, 4.69) is 10.3 Å². The lowest BCUT2D eigenvalue weighted by molar-refractivity contribution is -0.150. The van der Waals surface area contributed by atoms with E-state index in [-0.39, 0.29) is 17.2 Å². The minimum atomic E-state index is -1.18. The maximum Gasteiger partial charge on any atom is 0.339 e. The van der Waals surface area contributed by atoms with E-state index in [1.807, 2.05) is 0 Å². The number of ether oxygens (including phenoxy) is 2. The number of hydrogen-bond acceptors (Lipinski definition) is 7. The van der Waals surface area contributed by atoms with E-state index < -0.39 is 47.8 Å². The number of Topliss-reactive ketones (excluding diaryl/α,β-unsaturated/α-hetero) is 1. The third-order valence-corrected chi connectivity index (χ3v) is 5.73. The number of esters is 2. The van der Waals surface area contributed by atoms with Crippen molar-refractivity contribution in [1.29, 1.82) is 0 Å². The molecule has 1 aromatic rings. The topological polar surface area (TPSA) is 135 Å². The lowest BCUT2D eigenvalue weighted by Crippen LogP contribution is -2.46. The molecule has 2 N–H and O–H groups in total. The van der Waals surface area contributed by atoms with Gasteiger partial charge in [0.1, 0.15) is 12.1 Å². The number of carbonyl (C=O) groups is 5. The number of ketones is 1. The summed E-state index contributed by atoms with van der Waals surface area (Å²) in [5, 5.41) is 2.65. The molecule has 1 aliphatic heterocycles. The Labute approximate surface area is 173 Å². The molecule has 30 heavy (non-hydrogen) atoms. The summed E-state index contributed by atoms with van der Waals surface area (Å²) >= 11 is 0. The van der Waals surface area contributed by atoms with E-state index in [1.54, 1.807) is 20.8 Å². The van der Waals surface area contributed by atoms with Crippen molar-refractivity contribution < 1.29 is 33.4 Å². The molecule has 0 bridgehead atoms. The number of rotatable bonds is 7. The number of hydrogen-bond donors (Lipinski definition) is 2. The molecule has 1 aromatic heterocycles. The van der Waals surface area contributed by atoms with Gasteiger partial charge >= 0.3 is 18.0 Å². The fraction of sp³-hybridized carbons (Fsp3) is 0.550. The van der Waals surface area contributed by atoms with Crippen molar-refractivity contribution in [3.63, 3.8) is 0 Å². The van der Waals surface area contributed by atoms with Crippen LogP contribution in [0.15, 0.2) is 0 Å². The summed E-state index contributed by atoms with van der Waals surface area (Å²) in [5.41, 5.74) is 0.228. The molecule has 1 saturated carbocycles. The number of nitrogens with zero attached hydrogens (tertiary/aromatic N) is 1. The Balaban J connectivity index is 1.66. The van der Waals surface area contributed by atoms with Gasteiger partial charge in [-0.15, -0.1) is 0 Å². The second-order valence-corrected chi connectivity index (χ2v) is 7.91. The molecule has 3 rings (SSSR count). The van der Waals surface area contributed by atoms with Gasteiger partial charge < -0.3 is 19.8 Å². The van der Waals surface area contributed by atoms with Crippen LogP contribution < -0.4 is 5.32 Å². The van der Waals surface area contributed by atoms with Gasteiger partial charge in [-0.05, 0) is 52.0 Å². The molecule has 0 unspecified atom stereocenters. The quantitative estimate of drug-likeness (QED) is 0.386. The molecule has 2 fully saturated rings. The first-order valence-corrected chi connectivity index (χ1v) is 9.66. The highest BCUT2D eigenvalue weighted by molar-refractivity contribution is 6.09. The number of imide groups is 1. The van der Waals surface area contributed by atoms with Crippen molar-refractivity contribution >= 4 is 29.7 Å². The number of amides is 3. The van der Waals surface area contributed by atoms with Crippen LogP contribution in [0.3, 0.4) is 0 Å². The predicted octanol–water partition coefficient (Wildman–Crippen LogP) is 1.25. The number of carbonyl (C=O) groups excluding carboxylic acids is 5. The molecular weight excluding hydrogens is 394 g/mol. The number of methoxy groups -OCH3 is 1. The molecule has 162 valence electrons. The molecule has 1 saturated heterocycles. The van der Waals surface area contributed by atoms with Crippen LogP contribution in [0, 0.1) is 19.8 Å². The van der Waals surface area contributed by atoms with E-state index in [9.17, 15) is 24.0 Å². The van der Waals surface area contributed by atoms with Crippen LogP contribution in [-0.4, -0.2) is 64.8 Å². The van der Waals surface area contributed by atoms with Crippen LogP contribution in [0.5, 0.6) is 0 Å². The molecule has 2 heterocycles. The highest BCUT2D eigenvalue weighted by Crippen LogP contribution is 2.42. The molecule has 10 heteroatoms. The monoisotopic (exact) mass is 419 g/mol. The third kappa shape index (κ3) is 3.57. The van der Waals surface area contributed by atoms with Crippen molar-refractivity contribution in [3.05, 3.63) is 22.5 Å². The van der Waals surface area contributed by atoms with Gasteiger partial charge in [0.2, 0.25) is 5.78 Å². The van der Waals surface area contributed by atoms with Crippen molar-refractivity contribution in [2.45, 2.75) is 52.2 Å². The van der Waals surface area contributed by atoms with Crippen LogP contribution >= 0.6 is 0 Å². The molecule has 10 nitrogen and oxygen atoms in total. The van der Waals surface area contributed by atoms with Gasteiger partial charge in [-0.2, -0.15) is 0 Å². The van der Waals surface area contributed by atoms with Crippen LogP contribution in [0.1, 0.15) is 58.8 Å². The second-order valence-electron chi connectivity index (χ2n) is 7.91. The predicted molar refractivity (Wildman–Crippen MR) is 103 cm³/mol. The minimum absolute atomic E-state index is 0.0681. The van der Waals surface area contributed by atoms with Gasteiger partial charge in [-0.25, -0.2) is 9.59 Å². The smallest absolute Gasteiger partial charge is 0.339 e. The molecule has 2 aliphatic rings. The van der Waals surface area contributed by atoms with E-state index in [0.29, 0.717) is 11.3 Å². The van der Waals surface area contributed by atoms with Gasteiger partial charge in [0.15, 0.2) is 6.10 Å². The van der Waals surface area contributed by atoms with E-state index in [1.165, 1.54) is 14.0 Å². The molecule has 1 aliphatic carbocycles. The summed E-state index contributed by atoms with van der Waals surface area (Å²) in [6, 6.07) is -0.649. The van der Waals surface area contributed by atoms with E-state index in [4.69, 9.17) is 9.47 Å². The molecule has 0 radical (unpaired) electrons. The number of H-pyrrole nitrogens is 1. The summed E-state index contributed by atoms with van der Waals surface area (Å²) in [4.78, 5) is 65.3. The summed E-state index contributed by atoms with van der Waals surface area (Å²) in [7, 11) is 1.24. The first kappa shape index (κ1) is 21.5. The van der Waals surface area contributed by atoms with Crippen molar-refractivity contribution in [2.75, 3.05) is 13.7 Å². The average molecular weight is 419 g/mol.